The molecular formula is C11H16N2. The van der Waals surface area contributed by atoms with Crippen LogP contribution in [0.5, 0.6) is 0 Å². The fraction of sp³-hybridized carbons (Fsp3) is 0.364. The van der Waals surface area contributed by atoms with Gasteiger partial charge in [-0.1, -0.05) is 19.9 Å². The molecular weight excluding hydrogens is 160 g/mol. The Morgan fingerprint density at radius 1 is 1.15 bits per heavy atom. The van der Waals surface area contributed by atoms with Crippen LogP contribution in [0.1, 0.15) is 25.1 Å². The molecule has 0 saturated heterocycles. The van der Waals surface area contributed by atoms with Crippen molar-refractivity contribution in [1.82, 2.24) is 9.61 Å². The molecule has 0 spiro atoms. The third-order valence-electron chi connectivity index (χ3n) is 1.73. The summed E-state index contributed by atoms with van der Waals surface area (Å²) >= 11 is 0. The van der Waals surface area contributed by atoms with E-state index in [4.69, 9.17) is 0 Å². The van der Waals surface area contributed by atoms with Crippen LogP contribution in [0, 0.1) is 13.8 Å². The molecule has 2 heteroatoms. The van der Waals surface area contributed by atoms with Crippen molar-refractivity contribution in [1.29, 1.82) is 0 Å². The molecule has 70 valence electrons. The summed E-state index contributed by atoms with van der Waals surface area (Å²) in [6.07, 6.45) is 2.03. The molecule has 0 amide bonds. The highest BCUT2D eigenvalue weighted by molar-refractivity contribution is 5.47. The summed E-state index contributed by atoms with van der Waals surface area (Å²) in [6, 6.07) is 6.24. The zero-order chi connectivity index (χ0) is 9.84. The summed E-state index contributed by atoms with van der Waals surface area (Å²) < 4.78 is 1.91. The zero-order valence-electron chi connectivity index (χ0n) is 8.70. The van der Waals surface area contributed by atoms with Gasteiger partial charge >= 0.3 is 0 Å². The molecule has 2 heterocycles. The highest BCUT2D eigenvalue weighted by atomic mass is 15.2. The summed E-state index contributed by atoms with van der Waals surface area (Å²) in [4.78, 5) is 0. The standard InChI is InChI=1S/C9H10N2.C2H6/c1-7-3-4-9-5-8(2)10-11(9)6-7;1-2/h3-6H,1-2H3;1-2H3. The number of fused-ring (bicyclic) bond motifs is 1. The fourth-order valence-electron chi connectivity index (χ4n) is 1.22. The first kappa shape index (κ1) is 9.78. The Balaban J connectivity index is 0.000000396. The number of hydrogen-bond acceptors (Lipinski definition) is 1. The largest absolute Gasteiger partial charge is 0.240 e. The lowest BCUT2D eigenvalue weighted by Gasteiger charge is -1.92. The summed E-state index contributed by atoms with van der Waals surface area (Å²) in [5, 5.41) is 4.29. The van der Waals surface area contributed by atoms with Crippen molar-refractivity contribution in [3.8, 4) is 0 Å². The van der Waals surface area contributed by atoms with E-state index in [1.807, 2.05) is 31.5 Å². The van der Waals surface area contributed by atoms with E-state index in [9.17, 15) is 0 Å². The number of aryl methyl sites for hydroxylation is 2. The maximum atomic E-state index is 4.29. The lowest BCUT2D eigenvalue weighted by atomic mass is 10.3. The van der Waals surface area contributed by atoms with E-state index < -0.39 is 0 Å². The minimum absolute atomic E-state index is 1.07. The minimum Gasteiger partial charge on any atom is -0.240 e. The Labute approximate surface area is 79.2 Å². The average Bonchev–Trinajstić information content (AvgIpc) is 2.48. The minimum atomic E-state index is 1.07. The summed E-state index contributed by atoms with van der Waals surface area (Å²) in [6.45, 7) is 8.07. The van der Waals surface area contributed by atoms with E-state index >= 15 is 0 Å². The topological polar surface area (TPSA) is 17.3 Å². The fourth-order valence-corrected chi connectivity index (χ4v) is 1.22. The van der Waals surface area contributed by atoms with Crippen molar-refractivity contribution < 1.29 is 0 Å². The van der Waals surface area contributed by atoms with Crippen molar-refractivity contribution in [2.45, 2.75) is 27.7 Å². The highest BCUT2D eigenvalue weighted by Crippen LogP contribution is 2.06. The quantitative estimate of drug-likeness (QED) is 0.603. The molecule has 0 radical (unpaired) electrons. The van der Waals surface area contributed by atoms with Gasteiger partial charge in [0.05, 0.1) is 11.2 Å². The van der Waals surface area contributed by atoms with Gasteiger partial charge in [-0.25, -0.2) is 4.52 Å². The number of nitrogens with zero attached hydrogens (tertiary/aromatic N) is 2. The molecule has 0 bridgehead atoms. The van der Waals surface area contributed by atoms with Gasteiger partial charge in [0.15, 0.2) is 0 Å². The maximum absolute atomic E-state index is 4.29. The van der Waals surface area contributed by atoms with Gasteiger partial charge < -0.3 is 0 Å². The Morgan fingerprint density at radius 3 is 2.54 bits per heavy atom. The van der Waals surface area contributed by atoms with Gasteiger partial charge in [0.25, 0.3) is 0 Å². The smallest absolute Gasteiger partial charge is 0.0664 e. The second-order valence-corrected chi connectivity index (χ2v) is 2.86. The summed E-state index contributed by atoms with van der Waals surface area (Å²) in [7, 11) is 0. The predicted octanol–water partition coefficient (Wildman–Crippen LogP) is 2.98. The molecule has 0 fully saturated rings. The Morgan fingerprint density at radius 2 is 1.85 bits per heavy atom. The van der Waals surface area contributed by atoms with Crippen LogP contribution in [0.3, 0.4) is 0 Å². The molecule has 0 atom stereocenters. The van der Waals surface area contributed by atoms with Crippen molar-refractivity contribution in [3.63, 3.8) is 0 Å². The Kier molecular flexibility index (Phi) is 3.07. The molecule has 2 rings (SSSR count). The number of hydrogen-bond donors (Lipinski definition) is 0. The monoisotopic (exact) mass is 176 g/mol. The first-order valence-corrected chi connectivity index (χ1v) is 4.68. The Hall–Kier alpha value is -1.31. The van der Waals surface area contributed by atoms with E-state index in [0.29, 0.717) is 0 Å². The van der Waals surface area contributed by atoms with Gasteiger partial charge in [0, 0.05) is 6.20 Å². The Bertz CT molecular complexity index is 388. The molecule has 13 heavy (non-hydrogen) atoms. The van der Waals surface area contributed by atoms with Gasteiger partial charge in [0.1, 0.15) is 0 Å². The van der Waals surface area contributed by atoms with Crippen molar-refractivity contribution >= 4 is 5.52 Å². The van der Waals surface area contributed by atoms with E-state index in [1.54, 1.807) is 0 Å². The van der Waals surface area contributed by atoms with E-state index in [0.717, 1.165) is 11.2 Å². The van der Waals surface area contributed by atoms with E-state index in [1.165, 1.54) is 5.56 Å². The van der Waals surface area contributed by atoms with Gasteiger partial charge in [-0.3, -0.25) is 0 Å². The van der Waals surface area contributed by atoms with Crippen LogP contribution in [0.4, 0.5) is 0 Å². The molecule has 2 aromatic heterocycles. The van der Waals surface area contributed by atoms with Crippen molar-refractivity contribution in [2.75, 3.05) is 0 Å². The van der Waals surface area contributed by atoms with Gasteiger partial charge in [0.2, 0.25) is 0 Å². The second kappa shape index (κ2) is 4.08. The van der Waals surface area contributed by atoms with Crippen LogP contribution < -0.4 is 0 Å². The van der Waals surface area contributed by atoms with E-state index in [-0.39, 0.29) is 0 Å². The van der Waals surface area contributed by atoms with Gasteiger partial charge in [-0.05, 0) is 31.5 Å². The van der Waals surface area contributed by atoms with Crippen molar-refractivity contribution in [3.05, 3.63) is 35.7 Å². The number of rotatable bonds is 0. The third-order valence-corrected chi connectivity index (χ3v) is 1.73. The molecule has 2 nitrogen and oxygen atoms in total. The van der Waals surface area contributed by atoms with Crippen LogP contribution in [0.25, 0.3) is 5.52 Å². The lowest BCUT2D eigenvalue weighted by Crippen LogP contribution is -1.86. The van der Waals surface area contributed by atoms with Crippen LogP contribution in [0.15, 0.2) is 24.4 Å². The number of pyridine rings is 1. The van der Waals surface area contributed by atoms with Gasteiger partial charge in [-0.2, -0.15) is 5.10 Å². The third kappa shape index (κ3) is 2.08. The molecule has 0 aliphatic heterocycles. The molecule has 0 aliphatic carbocycles. The molecule has 0 unspecified atom stereocenters. The molecule has 0 aromatic carbocycles. The van der Waals surface area contributed by atoms with Crippen LogP contribution in [-0.2, 0) is 0 Å². The van der Waals surface area contributed by atoms with E-state index in [2.05, 4.69) is 30.2 Å². The highest BCUT2D eigenvalue weighted by Gasteiger charge is 1.94. The van der Waals surface area contributed by atoms with Crippen LogP contribution >= 0.6 is 0 Å². The SMILES string of the molecule is CC.Cc1ccc2cc(C)nn2c1. The molecule has 0 saturated carbocycles. The normalized spacial score (nSPS) is 9.54. The molecule has 2 aromatic rings. The summed E-state index contributed by atoms with van der Waals surface area (Å²) in [5.41, 5.74) is 3.46. The first-order valence-electron chi connectivity index (χ1n) is 4.68. The van der Waals surface area contributed by atoms with Crippen LogP contribution in [0.2, 0.25) is 0 Å². The average molecular weight is 176 g/mol. The number of aromatic nitrogens is 2. The summed E-state index contributed by atoms with van der Waals surface area (Å²) in [5.74, 6) is 0. The van der Waals surface area contributed by atoms with Gasteiger partial charge in [-0.15, -0.1) is 0 Å². The first-order chi connectivity index (χ1) is 6.25. The zero-order valence-corrected chi connectivity index (χ0v) is 8.70. The molecule has 0 N–H and O–H groups in total. The molecule has 0 aliphatic rings. The maximum Gasteiger partial charge on any atom is 0.0664 e. The second-order valence-electron chi connectivity index (χ2n) is 2.86. The van der Waals surface area contributed by atoms with Crippen molar-refractivity contribution in [2.24, 2.45) is 0 Å². The lowest BCUT2D eigenvalue weighted by molar-refractivity contribution is 0.926. The predicted molar refractivity (Wildman–Crippen MR) is 56.0 cm³/mol. The van der Waals surface area contributed by atoms with Crippen LogP contribution in [-0.4, -0.2) is 9.61 Å².